The van der Waals surface area contributed by atoms with Gasteiger partial charge < -0.3 is 14.4 Å². The molecule has 0 saturated carbocycles. The monoisotopic (exact) mass is 402 g/mol. The first-order valence-electron chi connectivity index (χ1n) is 9.87. The SMILES string of the molecule is COCCn1c(C)cc(O)c(C(c2ccc(SC)cc2)N2CCCCC2)c1=O. The van der Waals surface area contributed by atoms with Crippen molar-refractivity contribution in [3.05, 3.63) is 57.5 Å². The zero-order chi connectivity index (χ0) is 20.1. The molecule has 3 rings (SSSR count). The summed E-state index contributed by atoms with van der Waals surface area (Å²) in [6, 6.07) is 9.82. The van der Waals surface area contributed by atoms with Gasteiger partial charge in [-0.25, -0.2) is 0 Å². The van der Waals surface area contributed by atoms with Gasteiger partial charge in [0.05, 0.1) is 18.2 Å². The van der Waals surface area contributed by atoms with Crippen molar-refractivity contribution in [2.75, 3.05) is 33.1 Å². The van der Waals surface area contributed by atoms with Gasteiger partial charge in [-0.05, 0) is 62.9 Å². The molecule has 1 aromatic heterocycles. The van der Waals surface area contributed by atoms with Gasteiger partial charge in [0.15, 0.2) is 0 Å². The van der Waals surface area contributed by atoms with Crippen LogP contribution in [0.3, 0.4) is 0 Å². The Morgan fingerprint density at radius 3 is 2.46 bits per heavy atom. The minimum absolute atomic E-state index is 0.0840. The predicted molar refractivity (Wildman–Crippen MR) is 114 cm³/mol. The highest BCUT2D eigenvalue weighted by atomic mass is 32.2. The van der Waals surface area contributed by atoms with Gasteiger partial charge in [0.25, 0.3) is 5.56 Å². The van der Waals surface area contributed by atoms with E-state index in [0.29, 0.717) is 18.7 Å². The number of methoxy groups -OCH3 is 1. The summed E-state index contributed by atoms with van der Waals surface area (Å²) >= 11 is 1.70. The number of aryl methyl sites for hydroxylation is 1. The third-order valence-electron chi connectivity index (χ3n) is 5.50. The standard InChI is InChI=1S/C22H30N2O3S/c1-16-15-19(25)20(22(26)24(16)13-14-27-2)21(23-11-5-4-6-12-23)17-7-9-18(28-3)10-8-17/h7-10,15,21,25H,4-6,11-14H2,1-3H3. The Morgan fingerprint density at radius 2 is 1.86 bits per heavy atom. The van der Waals surface area contributed by atoms with E-state index in [9.17, 15) is 9.90 Å². The third kappa shape index (κ3) is 4.45. The molecule has 1 saturated heterocycles. The Bertz CT molecular complexity index is 842. The van der Waals surface area contributed by atoms with Gasteiger partial charge in [-0.15, -0.1) is 11.8 Å². The molecule has 0 spiro atoms. The molecule has 1 N–H and O–H groups in total. The van der Waals surface area contributed by atoms with Crippen molar-refractivity contribution in [1.82, 2.24) is 9.47 Å². The number of hydrogen-bond donors (Lipinski definition) is 1. The van der Waals surface area contributed by atoms with Crippen LogP contribution in [0.5, 0.6) is 5.75 Å². The van der Waals surface area contributed by atoms with E-state index in [4.69, 9.17) is 4.74 Å². The molecule has 0 aliphatic carbocycles. The van der Waals surface area contributed by atoms with Crippen LogP contribution in [0.1, 0.15) is 42.1 Å². The number of rotatable bonds is 7. The van der Waals surface area contributed by atoms with Crippen molar-refractivity contribution in [2.24, 2.45) is 0 Å². The molecule has 1 fully saturated rings. The summed E-state index contributed by atoms with van der Waals surface area (Å²) in [6.07, 6.45) is 5.50. The number of pyridine rings is 1. The van der Waals surface area contributed by atoms with Crippen molar-refractivity contribution in [3.8, 4) is 5.75 Å². The number of benzene rings is 1. The Hall–Kier alpha value is -1.76. The van der Waals surface area contributed by atoms with E-state index in [0.717, 1.165) is 37.2 Å². The van der Waals surface area contributed by atoms with Crippen LogP contribution >= 0.6 is 11.8 Å². The molecule has 1 aromatic carbocycles. The fourth-order valence-corrected chi connectivity index (χ4v) is 4.42. The zero-order valence-electron chi connectivity index (χ0n) is 17.0. The molecule has 0 bridgehead atoms. The van der Waals surface area contributed by atoms with Gasteiger partial charge in [0.2, 0.25) is 0 Å². The van der Waals surface area contributed by atoms with E-state index in [1.165, 1.54) is 11.3 Å². The summed E-state index contributed by atoms with van der Waals surface area (Å²) in [7, 11) is 1.63. The van der Waals surface area contributed by atoms with E-state index in [-0.39, 0.29) is 17.4 Å². The van der Waals surface area contributed by atoms with Crippen LogP contribution in [0.15, 0.2) is 40.0 Å². The quantitative estimate of drug-likeness (QED) is 0.714. The molecule has 28 heavy (non-hydrogen) atoms. The average molecular weight is 403 g/mol. The number of aromatic nitrogens is 1. The maximum Gasteiger partial charge on any atom is 0.259 e. The van der Waals surface area contributed by atoms with Gasteiger partial charge in [0.1, 0.15) is 5.75 Å². The van der Waals surface area contributed by atoms with Gasteiger partial charge in [0, 0.05) is 24.2 Å². The molecule has 152 valence electrons. The molecule has 2 aromatic rings. The fourth-order valence-electron chi connectivity index (χ4n) is 4.01. The topological polar surface area (TPSA) is 54.7 Å². The number of aromatic hydroxyl groups is 1. The zero-order valence-corrected chi connectivity index (χ0v) is 17.8. The second kappa shape index (κ2) is 9.63. The first-order valence-corrected chi connectivity index (χ1v) is 11.1. The predicted octanol–water partition coefficient (Wildman–Crippen LogP) is 3.81. The van der Waals surface area contributed by atoms with Crippen LogP contribution in [0.2, 0.25) is 0 Å². The highest BCUT2D eigenvalue weighted by Crippen LogP contribution is 2.35. The molecule has 1 aliphatic rings. The number of hydrogen-bond acceptors (Lipinski definition) is 5. The van der Waals surface area contributed by atoms with Crippen LogP contribution in [-0.2, 0) is 11.3 Å². The van der Waals surface area contributed by atoms with Crippen molar-refractivity contribution >= 4 is 11.8 Å². The summed E-state index contributed by atoms with van der Waals surface area (Å²) in [4.78, 5) is 16.9. The van der Waals surface area contributed by atoms with Gasteiger partial charge >= 0.3 is 0 Å². The number of ether oxygens (including phenoxy) is 1. The Kier molecular flexibility index (Phi) is 7.21. The second-order valence-electron chi connectivity index (χ2n) is 7.31. The average Bonchev–Trinajstić information content (AvgIpc) is 2.71. The van der Waals surface area contributed by atoms with Crippen LogP contribution in [0, 0.1) is 6.92 Å². The molecule has 0 radical (unpaired) electrons. The lowest BCUT2D eigenvalue weighted by Crippen LogP contribution is -2.39. The highest BCUT2D eigenvalue weighted by Gasteiger charge is 2.30. The fraction of sp³-hybridized carbons (Fsp3) is 0.500. The highest BCUT2D eigenvalue weighted by molar-refractivity contribution is 7.98. The molecule has 1 aliphatic heterocycles. The van der Waals surface area contributed by atoms with Gasteiger partial charge in [-0.1, -0.05) is 18.6 Å². The van der Waals surface area contributed by atoms with Crippen LogP contribution in [0.25, 0.3) is 0 Å². The van der Waals surface area contributed by atoms with E-state index >= 15 is 0 Å². The summed E-state index contributed by atoms with van der Waals surface area (Å²) < 4.78 is 6.89. The first-order chi connectivity index (χ1) is 13.6. The Balaban J connectivity index is 2.12. The molecule has 0 amide bonds. The third-order valence-corrected chi connectivity index (χ3v) is 6.25. The Morgan fingerprint density at radius 1 is 1.18 bits per heavy atom. The normalized spacial score (nSPS) is 16.2. The first kappa shape index (κ1) is 21.0. The van der Waals surface area contributed by atoms with Crippen molar-refractivity contribution < 1.29 is 9.84 Å². The second-order valence-corrected chi connectivity index (χ2v) is 8.19. The van der Waals surface area contributed by atoms with Crippen molar-refractivity contribution in [2.45, 2.75) is 43.7 Å². The van der Waals surface area contributed by atoms with E-state index in [1.807, 2.05) is 6.92 Å². The lowest BCUT2D eigenvalue weighted by atomic mass is 9.94. The molecule has 5 nitrogen and oxygen atoms in total. The van der Waals surface area contributed by atoms with Crippen LogP contribution in [-0.4, -0.2) is 47.6 Å². The lowest BCUT2D eigenvalue weighted by molar-refractivity contribution is 0.178. The largest absolute Gasteiger partial charge is 0.507 e. The van der Waals surface area contributed by atoms with Crippen LogP contribution < -0.4 is 5.56 Å². The van der Waals surface area contributed by atoms with Crippen molar-refractivity contribution in [3.63, 3.8) is 0 Å². The molecule has 6 heteroatoms. The van der Waals surface area contributed by atoms with Crippen LogP contribution in [0.4, 0.5) is 0 Å². The summed E-state index contributed by atoms with van der Waals surface area (Å²) in [5.74, 6) is 0.0840. The van der Waals surface area contributed by atoms with E-state index < -0.39 is 0 Å². The van der Waals surface area contributed by atoms with Gasteiger partial charge in [-0.3, -0.25) is 9.69 Å². The summed E-state index contributed by atoms with van der Waals surface area (Å²) in [6.45, 7) is 4.65. The maximum atomic E-state index is 13.4. The smallest absolute Gasteiger partial charge is 0.259 e. The van der Waals surface area contributed by atoms with E-state index in [1.54, 1.807) is 29.5 Å². The molecule has 1 atom stereocenters. The Labute approximate surface area is 171 Å². The minimum Gasteiger partial charge on any atom is -0.507 e. The molecule has 1 unspecified atom stereocenters. The maximum absolute atomic E-state index is 13.4. The summed E-state index contributed by atoms with van der Waals surface area (Å²) in [5.41, 5.74) is 2.15. The number of likely N-dealkylation sites (tertiary alicyclic amines) is 1. The summed E-state index contributed by atoms with van der Waals surface area (Å²) in [5, 5.41) is 10.8. The minimum atomic E-state index is -0.238. The number of thioether (sulfide) groups is 1. The molecular formula is C22H30N2O3S. The molecular weight excluding hydrogens is 372 g/mol. The molecule has 2 heterocycles. The van der Waals surface area contributed by atoms with Crippen molar-refractivity contribution in [1.29, 1.82) is 0 Å². The van der Waals surface area contributed by atoms with E-state index in [2.05, 4.69) is 35.4 Å². The van der Waals surface area contributed by atoms with Gasteiger partial charge in [-0.2, -0.15) is 0 Å². The lowest BCUT2D eigenvalue weighted by Gasteiger charge is -2.35. The number of nitrogens with zero attached hydrogens (tertiary/aromatic N) is 2. The number of piperidine rings is 1.